The van der Waals surface area contributed by atoms with E-state index >= 15 is 0 Å². The van der Waals surface area contributed by atoms with Gasteiger partial charge in [0.1, 0.15) is 6.17 Å². The number of rotatable bonds is 4. The fourth-order valence-electron chi connectivity index (χ4n) is 3.91. The van der Waals surface area contributed by atoms with Gasteiger partial charge < -0.3 is 4.90 Å². The maximum absolute atomic E-state index is 13.0. The van der Waals surface area contributed by atoms with Crippen LogP contribution in [0.25, 0.3) is 10.4 Å². The number of carbonyl (C=O) groups is 1. The Labute approximate surface area is 176 Å². The van der Waals surface area contributed by atoms with Crippen LogP contribution >= 0.6 is 23.1 Å². The first-order chi connectivity index (χ1) is 14.2. The average molecular weight is 420 g/mol. The van der Waals surface area contributed by atoms with Crippen LogP contribution in [0.5, 0.6) is 0 Å². The van der Waals surface area contributed by atoms with E-state index in [1.807, 2.05) is 30.5 Å². The van der Waals surface area contributed by atoms with Crippen molar-refractivity contribution < 1.29 is 4.79 Å². The summed E-state index contributed by atoms with van der Waals surface area (Å²) in [5.74, 6) is 0.214. The number of nitrogens with zero attached hydrogens (tertiary/aromatic N) is 5. The number of hydrogen-bond acceptors (Lipinski definition) is 7. The number of fused-ring (bicyclic) bond motifs is 1. The molecule has 1 amide bonds. The summed E-state index contributed by atoms with van der Waals surface area (Å²) in [5, 5.41) is 9.74. The molecule has 8 heteroatoms. The van der Waals surface area contributed by atoms with E-state index in [0.29, 0.717) is 10.9 Å². The van der Waals surface area contributed by atoms with Crippen LogP contribution in [-0.2, 0) is 0 Å². The summed E-state index contributed by atoms with van der Waals surface area (Å²) in [7, 11) is 0. The first-order valence-corrected chi connectivity index (χ1v) is 10.9. The van der Waals surface area contributed by atoms with E-state index in [9.17, 15) is 10.1 Å². The summed E-state index contributed by atoms with van der Waals surface area (Å²) in [4.78, 5) is 28.2. The molecule has 0 aliphatic carbocycles. The molecule has 0 spiro atoms. The molecule has 2 aliphatic rings. The zero-order chi connectivity index (χ0) is 20.0. The van der Waals surface area contributed by atoms with Gasteiger partial charge in [0.25, 0.3) is 5.91 Å². The lowest BCUT2D eigenvalue weighted by Crippen LogP contribution is -2.30. The molecule has 6 nitrogen and oxygen atoms in total. The Morgan fingerprint density at radius 3 is 2.90 bits per heavy atom. The Hall–Kier alpha value is -2.89. The summed E-state index contributed by atoms with van der Waals surface area (Å²) in [6, 6.07) is 12.2. The van der Waals surface area contributed by atoms with Gasteiger partial charge in [0.15, 0.2) is 11.2 Å². The van der Waals surface area contributed by atoms with Gasteiger partial charge in [-0.25, -0.2) is 4.98 Å². The van der Waals surface area contributed by atoms with Crippen molar-refractivity contribution in [3.8, 4) is 16.6 Å². The number of nitriles is 1. The number of aromatic nitrogens is 2. The van der Waals surface area contributed by atoms with Gasteiger partial charge in [0, 0.05) is 40.5 Å². The number of thiazole rings is 1. The molecule has 144 valence electrons. The van der Waals surface area contributed by atoms with Gasteiger partial charge in [-0.2, -0.15) is 5.26 Å². The maximum atomic E-state index is 13.0. The fraction of sp³-hybridized carbons (Fsp3) is 0.238. The molecule has 0 radical (unpaired) electrons. The molecule has 2 fully saturated rings. The Balaban J connectivity index is 1.39. The van der Waals surface area contributed by atoms with E-state index in [0.717, 1.165) is 26.8 Å². The third-order valence-electron chi connectivity index (χ3n) is 5.28. The summed E-state index contributed by atoms with van der Waals surface area (Å²) in [6.45, 7) is 2.80. The van der Waals surface area contributed by atoms with Crippen molar-refractivity contribution in [2.45, 2.75) is 28.9 Å². The molecule has 0 bridgehead atoms. The van der Waals surface area contributed by atoms with Crippen molar-refractivity contribution >= 4 is 29.0 Å². The molecule has 3 atom stereocenters. The molecule has 29 heavy (non-hydrogen) atoms. The SMILES string of the molecule is CC1CN(C#N)C2[C@@H]1N2C(=O)c1ncc(-c2ccncc2Sc2ccccc2)s1. The normalized spacial score (nSPS) is 22.3. The van der Waals surface area contributed by atoms with Crippen molar-refractivity contribution in [1.29, 1.82) is 5.26 Å². The second kappa shape index (κ2) is 7.17. The average Bonchev–Trinajstić information content (AvgIpc) is 3.12. The molecule has 2 unspecified atom stereocenters. The van der Waals surface area contributed by atoms with Crippen LogP contribution in [0.15, 0.2) is 64.8 Å². The Bertz CT molecular complexity index is 1110. The highest BCUT2D eigenvalue weighted by atomic mass is 32.2. The lowest BCUT2D eigenvalue weighted by Gasteiger charge is -2.16. The Kier molecular flexibility index (Phi) is 4.49. The highest BCUT2D eigenvalue weighted by molar-refractivity contribution is 7.99. The lowest BCUT2D eigenvalue weighted by molar-refractivity contribution is 0.0816. The molecule has 2 saturated heterocycles. The second-order valence-corrected chi connectivity index (χ2v) is 9.31. The van der Waals surface area contributed by atoms with E-state index in [1.54, 1.807) is 34.0 Å². The van der Waals surface area contributed by atoms with Gasteiger partial charge >= 0.3 is 0 Å². The van der Waals surface area contributed by atoms with Crippen molar-refractivity contribution in [2.75, 3.05) is 6.54 Å². The third-order valence-corrected chi connectivity index (χ3v) is 7.35. The quantitative estimate of drug-likeness (QED) is 0.471. The molecule has 0 N–H and O–H groups in total. The van der Waals surface area contributed by atoms with Crippen LogP contribution in [0, 0.1) is 17.4 Å². The van der Waals surface area contributed by atoms with Gasteiger partial charge in [-0.15, -0.1) is 11.3 Å². The maximum Gasteiger partial charge on any atom is 0.284 e. The third kappa shape index (κ3) is 3.16. The summed E-state index contributed by atoms with van der Waals surface area (Å²) < 4.78 is 0. The van der Waals surface area contributed by atoms with Gasteiger partial charge in [0.2, 0.25) is 0 Å². The van der Waals surface area contributed by atoms with E-state index in [-0.39, 0.29) is 18.1 Å². The van der Waals surface area contributed by atoms with Crippen LogP contribution < -0.4 is 0 Å². The van der Waals surface area contributed by atoms with Crippen molar-refractivity contribution in [1.82, 2.24) is 19.8 Å². The van der Waals surface area contributed by atoms with E-state index < -0.39 is 0 Å². The van der Waals surface area contributed by atoms with Crippen LogP contribution in [0.3, 0.4) is 0 Å². The first kappa shape index (κ1) is 18.2. The molecule has 2 aliphatic heterocycles. The highest BCUT2D eigenvalue weighted by Gasteiger charge is 2.62. The molecule has 3 aromatic rings. The fourth-order valence-corrected chi connectivity index (χ4v) is 5.82. The highest BCUT2D eigenvalue weighted by Crippen LogP contribution is 2.45. The predicted molar refractivity (Wildman–Crippen MR) is 111 cm³/mol. The Morgan fingerprint density at radius 1 is 1.28 bits per heavy atom. The standard InChI is InChI=1S/C21H17N5OS2/c1-13-11-25(12-22)20-18(13)26(20)21(27)19-24-10-17(29-19)15-7-8-23-9-16(15)28-14-5-3-2-4-6-14/h2-10,13,18,20H,11H2,1H3/t13?,18-,20?,26?/m1/s1. The number of pyridine rings is 1. The first-order valence-electron chi connectivity index (χ1n) is 9.29. The van der Waals surface area contributed by atoms with E-state index in [2.05, 4.69) is 35.2 Å². The van der Waals surface area contributed by atoms with Gasteiger partial charge in [0.05, 0.1) is 10.9 Å². The minimum atomic E-state index is -0.0972. The monoisotopic (exact) mass is 419 g/mol. The number of benzene rings is 1. The zero-order valence-electron chi connectivity index (χ0n) is 15.6. The second-order valence-electron chi connectivity index (χ2n) is 7.16. The minimum absolute atomic E-state index is 0.0885. The molecule has 1 aromatic carbocycles. The van der Waals surface area contributed by atoms with E-state index in [1.165, 1.54) is 11.3 Å². The molecular weight excluding hydrogens is 402 g/mol. The van der Waals surface area contributed by atoms with Gasteiger partial charge in [-0.1, -0.05) is 36.9 Å². The molecule has 4 heterocycles. The van der Waals surface area contributed by atoms with Crippen LogP contribution in [0.2, 0.25) is 0 Å². The molecule has 5 rings (SSSR count). The zero-order valence-corrected chi connectivity index (χ0v) is 17.2. The predicted octanol–water partition coefficient (Wildman–Crippen LogP) is 3.94. The lowest BCUT2D eigenvalue weighted by atomic mass is 10.1. The van der Waals surface area contributed by atoms with Crippen LogP contribution in [0.1, 0.15) is 16.7 Å². The van der Waals surface area contributed by atoms with Crippen molar-refractivity contribution in [2.24, 2.45) is 5.92 Å². The summed E-state index contributed by atoms with van der Waals surface area (Å²) in [6.07, 6.45) is 7.46. The number of hydrogen-bond donors (Lipinski definition) is 0. The van der Waals surface area contributed by atoms with Crippen molar-refractivity contribution in [3.05, 3.63) is 60.0 Å². The smallest absolute Gasteiger partial charge is 0.284 e. The topological polar surface area (TPSA) is 72.9 Å². The Morgan fingerprint density at radius 2 is 2.10 bits per heavy atom. The number of amides is 1. The molecule has 0 saturated carbocycles. The van der Waals surface area contributed by atoms with Crippen LogP contribution in [-0.4, -0.2) is 44.4 Å². The van der Waals surface area contributed by atoms with Crippen LogP contribution in [0.4, 0.5) is 0 Å². The van der Waals surface area contributed by atoms with E-state index in [4.69, 9.17) is 0 Å². The van der Waals surface area contributed by atoms with Crippen molar-refractivity contribution in [3.63, 3.8) is 0 Å². The molecular formula is C21H17N5OS2. The van der Waals surface area contributed by atoms with Gasteiger partial charge in [-0.05, 0) is 24.1 Å². The van der Waals surface area contributed by atoms with Gasteiger partial charge in [-0.3, -0.25) is 14.7 Å². The summed E-state index contributed by atoms with van der Waals surface area (Å²) >= 11 is 3.03. The molecule has 2 aromatic heterocycles. The largest absolute Gasteiger partial charge is 0.306 e. The minimum Gasteiger partial charge on any atom is -0.306 e. The summed E-state index contributed by atoms with van der Waals surface area (Å²) in [5.41, 5.74) is 1.02. The number of carbonyl (C=O) groups excluding carboxylic acids is 1. The number of likely N-dealkylation sites (tertiary alicyclic amines) is 1.